The summed E-state index contributed by atoms with van der Waals surface area (Å²) in [5.41, 5.74) is 0. The van der Waals surface area contributed by atoms with E-state index in [-0.39, 0.29) is 6.07 Å². The van der Waals surface area contributed by atoms with Crippen molar-refractivity contribution in [3.8, 4) is 0 Å². The van der Waals surface area contributed by atoms with Gasteiger partial charge in [-0.25, -0.2) is 4.79 Å². The molecule has 5 heteroatoms. The van der Waals surface area contributed by atoms with Crippen molar-refractivity contribution < 1.29 is 14.3 Å². The molecule has 0 spiro atoms. The zero-order chi connectivity index (χ0) is 8.53. The van der Waals surface area contributed by atoms with Crippen LogP contribution in [0.15, 0.2) is 0 Å². The van der Waals surface area contributed by atoms with Crippen molar-refractivity contribution in [2.75, 3.05) is 26.3 Å². The van der Waals surface area contributed by atoms with Crippen molar-refractivity contribution in [1.82, 2.24) is 5.32 Å². The van der Waals surface area contributed by atoms with Crippen molar-refractivity contribution in [3.63, 3.8) is 0 Å². The van der Waals surface area contributed by atoms with Crippen LogP contribution in [0.25, 0.3) is 0 Å². The fraction of sp³-hybridized carbons (Fsp3) is 0.833. The molecule has 0 fully saturated rings. The third kappa shape index (κ3) is 7.42. The summed E-state index contributed by atoms with van der Waals surface area (Å²) in [5, 5.41) is 2.49. The Morgan fingerprint density at radius 1 is 1.64 bits per heavy atom. The van der Waals surface area contributed by atoms with Gasteiger partial charge in [-0.1, -0.05) is 11.6 Å². The second-order valence-corrected chi connectivity index (χ2v) is 2.03. The fourth-order valence-corrected chi connectivity index (χ4v) is 0.607. The highest BCUT2D eigenvalue weighted by Gasteiger charge is 1.97. The average molecular weight is 182 g/mol. The summed E-state index contributed by atoms with van der Waals surface area (Å²) < 4.78 is 9.16. The van der Waals surface area contributed by atoms with Gasteiger partial charge in [-0.3, -0.25) is 0 Å². The Balaban J connectivity index is 3.04. The van der Waals surface area contributed by atoms with Crippen LogP contribution in [0.1, 0.15) is 6.42 Å². The van der Waals surface area contributed by atoms with Crippen LogP contribution in [0.4, 0.5) is 4.79 Å². The Morgan fingerprint density at radius 3 is 2.91 bits per heavy atom. The third-order valence-electron chi connectivity index (χ3n) is 0.980. The van der Waals surface area contributed by atoms with Crippen LogP contribution in [0, 0.1) is 0 Å². The van der Waals surface area contributed by atoms with Gasteiger partial charge < -0.3 is 14.8 Å². The normalized spacial score (nSPS) is 9.27. The number of ether oxygens (including phenoxy) is 2. The van der Waals surface area contributed by atoms with Gasteiger partial charge in [0.05, 0.1) is 0 Å². The van der Waals surface area contributed by atoms with Crippen molar-refractivity contribution in [2.24, 2.45) is 0 Å². The maximum absolute atomic E-state index is 10.5. The summed E-state index contributed by atoms with van der Waals surface area (Å²) in [6, 6.07) is -0.115. The molecule has 0 aromatic carbocycles. The van der Waals surface area contributed by atoms with Gasteiger partial charge in [-0.15, -0.1) is 0 Å². The number of alkyl carbamates (subject to hydrolysis) is 1. The molecule has 11 heavy (non-hydrogen) atoms. The van der Waals surface area contributed by atoms with Crippen molar-refractivity contribution in [1.29, 1.82) is 0 Å². The van der Waals surface area contributed by atoms with Crippen molar-refractivity contribution in [3.05, 3.63) is 0 Å². The van der Waals surface area contributed by atoms with E-state index in [0.717, 1.165) is 6.42 Å². The molecule has 0 radical (unpaired) electrons. The lowest BCUT2D eigenvalue weighted by atomic mass is 10.4. The molecule has 4 nitrogen and oxygen atoms in total. The number of carbonyl (C=O) groups is 1. The van der Waals surface area contributed by atoms with E-state index in [0.29, 0.717) is 13.2 Å². The zero-order valence-electron chi connectivity index (χ0n) is 6.43. The van der Waals surface area contributed by atoms with Crippen LogP contribution >= 0.6 is 11.6 Å². The molecule has 0 unspecified atom stereocenters. The summed E-state index contributed by atoms with van der Waals surface area (Å²) in [5.74, 6) is 0. The predicted octanol–water partition coefficient (Wildman–Crippen LogP) is 0.945. The summed E-state index contributed by atoms with van der Waals surface area (Å²) in [4.78, 5) is 10.5. The summed E-state index contributed by atoms with van der Waals surface area (Å²) in [7, 11) is 1.61. The van der Waals surface area contributed by atoms with Crippen LogP contribution in [0.2, 0.25) is 0 Å². The van der Waals surface area contributed by atoms with Crippen LogP contribution in [-0.4, -0.2) is 32.4 Å². The minimum Gasteiger partial charge on any atom is -0.433 e. The molecule has 1 N–H and O–H groups in total. The molecule has 0 saturated heterocycles. The minimum absolute atomic E-state index is 0.115. The largest absolute Gasteiger partial charge is 0.433 e. The molecule has 1 amide bonds. The predicted molar refractivity (Wildman–Crippen MR) is 41.7 cm³/mol. The third-order valence-corrected chi connectivity index (χ3v) is 1.09. The van der Waals surface area contributed by atoms with E-state index < -0.39 is 6.09 Å². The van der Waals surface area contributed by atoms with Crippen LogP contribution < -0.4 is 5.32 Å². The Bertz CT molecular complexity index is 110. The number of alkyl halides is 1. The van der Waals surface area contributed by atoms with Gasteiger partial charge in [0.1, 0.15) is 0 Å². The van der Waals surface area contributed by atoms with Gasteiger partial charge in [0.25, 0.3) is 0 Å². The number of rotatable bonds is 5. The molecule has 0 aliphatic carbocycles. The highest BCUT2D eigenvalue weighted by Crippen LogP contribution is 1.82. The second-order valence-electron chi connectivity index (χ2n) is 1.81. The number of hydrogen-bond donors (Lipinski definition) is 1. The molecule has 0 aromatic heterocycles. The Morgan fingerprint density at radius 2 is 2.36 bits per heavy atom. The molecule has 0 bridgehead atoms. The molecular formula is C6H12ClNO3. The lowest BCUT2D eigenvalue weighted by molar-refractivity contribution is 0.160. The van der Waals surface area contributed by atoms with Gasteiger partial charge in [0, 0.05) is 20.3 Å². The zero-order valence-corrected chi connectivity index (χ0v) is 7.19. The number of halogens is 1. The topological polar surface area (TPSA) is 47.6 Å². The van der Waals surface area contributed by atoms with Crippen molar-refractivity contribution >= 4 is 17.7 Å². The number of carbonyl (C=O) groups excluding carboxylic acids is 1. The van der Waals surface area contributed by atoms with Gasteiger partial charge in [0.15, 0.2) is 6.07 Å². The first-order chi connectivity index (χ1) is 5.31. The lowest BCUT2D eigenvalue weighted by Crippen LogP contribution is -2.25. The first kappa shape index (κ1) is 10.5. The van der Waals surface area contributed by atoms with Crippen LogP contribution in [0.5, 0.6) is 0 Å². The summed E-state index contributed by atoms with van der Waals surface area (Å²) in [6.45, 7) is 1.17. The lowest BCUT2D eigenvalue weighted by Gasteiger charge is -2.02. The second kappa shape index (κ2) is 7.63. The van der Waals surface area contributed by atoms with Crippen LogP contribution in [0.3, 0.4) is 0 Å². The standard InChI is InChI=1S/C6H12ClNO3/c1-10-4-2-3-8-6(9)11-5-7/h2-5H2,1H3,(H,8,9). The Hall–Kier alpha value is -0.480. The highest BCUT2D eigenvalue weighted by molar-refractivity contribution is 6.17. The maximum atomic E-state index is 10.5. The van der Waals surface area contributed by atoms with E-state index in [2.05, 4.69) is 10.1 Å². The van der Waals surface area contributed by atoms with Gasteiger partial charge in [-0.2, -0.15) is 0 Å². The van der Waals surface area contributed by atoms with Crippen LogP contribution in [-0.2, 0) is 9.47 Å². The first-order valence-corrected chi connectivity index (χ1v) is 3.80. The van der Waals surface area contributed by atoms with E-state index in [1.165, 1.54) is 0 Å². The number of methoxy groups -OCH3 is 1. The molecule has 66 valence electrons. The fourth-order valence-electron chi connectivity index (χ4n) is 0.508. The molecule has 0 aliphatic heterocycles. The monoisotopic (exact) mass is 181 g/mol. The smallest absolute Gasteiger partial charge is 0.408 e. The molecule has 0 atom stereocenters. The SMILES string of the molecule is COCCCNC(=O)OCCl. The Kier molecular flexibility index (Phi) is 7.29. The number of hydrogen-bond acceptors (Lipinski definition) is 3. The quantitative estimate of drug-likeness (QED) is 0.508. The maximum Gasteiger partial charge on any atom is 0.408 e. The molecule has 0 aromatic rings. The van der Waals surface area contributed by atoms with E-state index in [1.54, 1.807) is 7.11 Å². The first-order valence-electron chi connectivity index (χ1n) is 3.26. The molecule has 0 aliphatic rings. The Labute approximate surface area is 70.8 Å². The average Bonchev–Trinajstić information content (AvgIpc) is 1.99. The van der Waals surface area contributed by atoms with E-state index in [1.807, 2.05) is 0 Å². The van der Waals surface area contributed by atoms with Crippen molar-refractivity contribution in [2.45, 2.75) is 6.42 Å². The van der Waals surface area contributed by atoms with Gasteiger partial charge in [0.2, 0.25) is 0 Å². The van der Waals surface area contributed by atoms with E-state index in [9.17, 15) is 4.79 Å². The summed E-state index contributed by atoms with van der Waals surface area (Å²) in [6.07, 6.45) is 0.282. The van der Waals surface area contributed by atoms with Gasteiger partial charge >= 0.3 is 6.09 Å². The minimum atomic E-state index is -0.490. The highest BCUT2D eigenvalue weighted by atomic mass is 35.5. The molecule has 0 heterocycles. The number of amides is 1. The number of nitrogens with one attached hydrogen (secondary N) is 1. The summed E-state index contributed by atoms with van der Waals surface area (Å²) >= 11 is 5.13. The van der Waals surface area contributed by atoms with E-state index >= 15 is 0 Å². The van der Waals surface area contributed by atoms with Gasteiger partial charge in [-0.05, 0) is 6.42 Å². The molecule has 0 rings (SSSR count). The molecule has 0 saturated carbocycles. The van der Waals surface area contributed by atoms with E-state index in [4.69, 9.17) is 16.3 Å². The molecular weight excluding hydrogens is 170 g/mol.